The van der Waals surface area contributed by atoms with E-state index < -0.39 is 12.2 Å². The summed E-state index contributed by atoms with van der Waals surface area (Å²) in [6.07, 6.45) is 0.868. The minimum absolute atomic E-state index is 0.197. The zero-order chi connectivity index (χ0) is 20.0. The van der Waals surface area contributed by atoms with E-state index in [1.165, 1.54) is 4.90 Å². The Balaban J connectivity index is 1.64. The lowest BCUT2D eigenvalue weighted by Gasteiger charge is -2.42. The second-order valence-electron chi connectivity index (χ2n) is 7.30. The van der Waals surface area contributed by atoms with Gasteiger partial charge in [-0.15, -0.1) is 6.58 Å². The van der Waals surface area contributed by atoms with Crippen molar-refractivity contribution in [2.24, 2.45) is 5.10 Å². The molecule has 28 heavy (non-hydrogen) atoms. The minimum Gasteiger partial charge on any atom is -0.310 e. The fraction of sp³-hybridized carbons (Fsp3) is 0.421. The molecule has 0 spiro atoms. The van der Waals surface area contributed by atoms with Crippen LogP contribution in [0.1, 0.15) is 12.5 Å². The highest BCUT2D eigenvalue weighted by Gasteiger charge is 2.56. The fourth-order valence-electron chi connectivity index (χ4n) is 4.09. The summed E-state index contributed by atoms with van der Waals surface area (Å²) in [5.74, 6) is -0.208. The Kier molecular flexibility index (Phi) is 4.86. The minimum atomic E-state index is -0.472. The monoisotopic (exact) mass is 402 g/mol. The quantitative estimate of drug-likeness (QED) is 0.773. The van der Waals surface area contributed by atoms with Crippen LogP contribution in [0.25, 0.3) is 0 Å². The molecular formula is C19H23ClN6O2. The van der Waals surface area contributed by atoms with Crippen LogP contribution in [-0.2, 0) is 11.3 Å². The number of likely N-dealkylation sites (N-methyl/N-ethyl adjacent to an activating group) is 1. The number of nitrogens with one attached hydrogen (secondary N) is 1. The molecule has 9 heteroatoms. The zero-order valence-electron chi connectivity index (χ0n) is 15.9. The normalized spacial score (nSPS) is 27.6. The lowest BCUT2D eigenvalue weighted by atomic mass is 10.1. The highest BCUT2D eigenvalue weighted by atomic mass is 35.5. The number of fused-ring (bicyclic) bond motifs is 3. The predicted molar refractivity (Wildman–Crippen MR) is 106 cm³/mol. The Labute approximate surface area is 169 Å². The van der Waals surface area contributed by atoms with Gasteiger partial charge in [-0.05, 0) is 24.6 Å². The molecule has 2 fully saturated rings. The number of amides is 3. The van der Waals surface area contributed by atoms with Gasteiger partial charge in [-0.3, -0.25) is 20.0 Å². The molecule has 3 aliphatic heterocycles. The maximum atomic E-state index is 13.1. The molecule has 3 aliphatic rings. The number of carbonyl (C=O) groups is 2. The van der Waals surface area contributed by atoms with Crippen molar-refractivity contribution >= 4 is 29.3 Å². The molecule has 3 amide bonds. The first-order valence-corrected chi connectivity index (χ1v) is 9.54. The number of urea groups is 1. The molecule has 0 radical (unpaired) electrons. The van der Waals surface area contributed by atoms with Crippen LogP contribution >= 0.6 is 11.6 Å². The number of rotatable bonds is 4. The van der Waals surface area contributed by atoms with Crippen molar-refractivity contribution in [3.05, 3.63) is 47.5 Å². The van der Waals surface area contributed by atoms with E-state index in [0.29, 0.717) is 18.1 Å². The van der Waals surface area contributed by atoms with E-state index in [1.54, 1.807) is 18.0 Å². The maximum Gasteiger partial charge on any atom is 0.328 e. The van der Waals surface area contributed by atoms with E-state index in [4.69, 9.17) is 16.7 Å². The summed E-state index contributed by atoms with van der Waals surface area (Å²) in [7, 11) is 1.71. The Hall–Kier alpha value is -2.42. The van der Waals surface area contributed by atoms with Gasteiger partial charge >= 0.3 is 6.03 Å². The third kappa shape index (κ3) is 3.07. The van der Waals surface area contributed by atoms with Crippen LogP contribution in [0.3, 0.4) is 0 Å². The van der Waals surface area contributed by atoms with E-state index in [2.05, 4.69) is 16.8 Å². The molecule has 3 atom stereocenters. The van der Waals surface area contributed by atoms with Crippen LogP contribution in [0.4, 0.5) is 4.79 Å². The van der Waals surface area contributed by atoms with E-state index in [1.807, 2.05) is 36.2 Å². The molecule has 4 rings (SSSR count). The smallest absolute Gasteiger partial charge is 0.310 e. The molecule has 1 aromatic carbocycles. The third-order valence-corrected chi connectivity index (χ3v) is 5.53. The lowest BCUT2D eigenvalue weighted by Crippen LogP contribution is -2.66. The Morgan fingerprint density at radius 3 is 2.89 bits per heavy atom. The average molecular weight is 403 g/mol. The zero-order valence-corrected chi connectivity index (χ0v) is 16.6. The van der Waals surface area contributed by atoms with Crippen LogP contribution in [0.2, 0.25) is 5.02 Å². The van der Waals surface area contributed by atoms with Crippen molar-refractivity contribution in [1.29, 1.82) is 0 Å². The average Bonchev–Trinajstić information content (AvgIpc) is 3.03. The second kappa shape index (κ2) is 7.20. The summed E-state index contributed by atoms with van der Waals surface area (Å²) < 4.78 is 0. The first-order valence-electron chi connectivity index (χ1n) is 9.16. The third-order valence-electron chi connectivity index (χ3n) is 5.30. The summed E-state index contributed by atoms with van der Waals surface area (Å²) in [6.45, 7) is 6.89. The van der Waals surface area contributed by atoms with Gasteiger partial charge in [0.15, 0.2) is 6.29 Å². The second-order valence-corrected chi connectivity index (χ2v) is 7.73. The highest BCUT2D eigenvalue weighted by molar-refractivity contribution is 6.30. The molecule has 1 N–H and O–H groups in total. The van der Waals surface area contributed by atoms with Gasteiger partial charge in [0.25, 0.3) is 5.91 Å². The molecule has 1 aromatic rings. The molecule has 3 unspecified atom stereocenters. The predicted octanol–water partition coefficient (Wildman–Crippen LogP) is 1.49. The molecule has 0 saturated carbocycles. The van der Waals surface area contributed by atoms with Crippen molar-refractivity contribution in [2.75, 3.05) is 20.1 Å². The van der Waals surface area contributed by atoms with Gasteiger partial charge in [-0.1, -0.05) is 29.8 Å². The van der Waals surface area contributed by atoms with Crippen molar-refractivity contribution in [1.82, 2.24) is 25.0 Å². The first kappa shape index (κ1) is 18.9. The van der Waals surface area contributed by atoms with E-state index in [9.17, 15) is 9.59 Å². The Bertz CT molecular complexity index is 859. The van der Waals surface area contributed by atoms with Crippen molar-refractivity contribution in [2.45, 2.75) is 32.0 Å². The fourth-order valence-corrected chi connectivity index (χ4v) is 4.30. The number of carbonyl (C=O) groups excluding carboxylic acids is 2. The molecule has 0 bridgehead atoms. The molecule has 2 saturated heterocycles. The van der Waals surface area contributed by atoms with Crippen LogP contribution in [0.15, 0.2) is 42.0 Å². The molecule has 148 valence electrons. The maximum absolute atomic E-state index is 13.1. The number of imide groups is 1. The van der Waals surface area contributed by atoms with Gasteiger partial charge in [-0.25, -0.2) is 9.69 Å². The SMILES string of the molecule is C=CCN1C(=O)C2C(NC3N(Cc4cccc(Cl)c4)N=C(C)CN23)N(C)C1=O. The Morgan fingerprint density at radius 1 is 1.39 bits per heavy atom. The van der Waals surface area contributed by atoms with Crippen LogP contribution in [0, 0.1) is 0 Å². The number of hydrogen-bond donors (Lipinski definition) is 1. The summed E-state index contributed by atoms with van der Waals surface area (Å²) in [4.78, 5) is 30.6. The van der Waals surface area contributed by atoms with Gasteiger partial charge < -0.3 is 4.90 Å². The highest BCUT2D eigenvalue weighted by Crippen LogP contribution is 2.31. The van der Waals surface area contributed by atoms with E-state index >= 15 is 0 Å². The summed E-state index contributed by atoms with van der Waals surface area (Å²) in [5, 5.41) is 10.7. The number of nitrogens with zero attached hydrogens (tertiary/aromatic N) is 5. The number of benzene rings is 1. The molecule has 8 nitrogen and oxygen atoms in total. The lowest BCUT2D eigenvalue weighted by molar-refractivity contribution is -0.138. The number of hydrogen-bond acceptors (Lipinski definition) is 6. The van der Waals surface area contributed by atoms with Crippen molar-refractivity contribution in [3.8, 4) is 0 Å². The largest absolute Gasteiger partial charge is 0.328 e. The molecule has 0 aromatic heterocycles. The number of hydrazone groups is 1. The number of halogens is 1. The standard InChI is InChI=1S/C19H23ClN6O2/c1-4-8-24-17(27)15-16(23(3)19(24)28)21-18-25(15)10-12(2)22-26(18)11-13-6-5-7-14(20)9-13/h4-7,9,15-16,18,21H,1,8,10-11H2,2-3H3. The van der Waals surface area contributed by atoms with E-state index in [0.717, 1.165) is 11.3 Å². The summed E-state index contributed by atoms with van der Waals surface area (Å²) in [6, 6.07) is 6.83. The Morgan fingerprint density at radius 2 is 2.18 bits per heavy atom. The summed E-state index contributed by atoms with van der Waals surface area (Å²) in [5.41, 5.74) is 1.93. The molecule has 0 aliphatic carbocycles. The van der Waals surface area contributed by atoms with Gasteiger partial charge in [0.05, 0.1) is 6.54 Å². The van der Waals surface area contributed by atoms with Gasteiger partial charge in [0.2, 0.25) is 0 Å². The molecule has 3 heterocycles. The summed E-state index contributed by atoms with van der Waals surface area (Å²) >= 11 is 6.12. The van der Waals surface area contributed by atoms with Crippen molar-refractivity contribution in [3.63, 3.8) is 0 Å². The topological polar surface area (TPSA) is 71.5 Å². The van der Waals surface area contributed by atoms with Crippen molar-refractivity contribution < 1.29 is 9.59 Å². The van der Waals surface area contributed by atoms with Crippen LogP contribution < -0.4 is 5.32 Å². The van der Waals surface area contributed by atoms with Gasteiger partial charge in [-0.2, -0.15) is 5.10 Å². The van der Waals surface area contributed by atoms with Crippen LogP contribution in [0.5, 0.6) is 0 Å². The first-order chi connectivity index (χ1) is 13.4. The van der Waals surface area contributed by atoms with Crippen LogP contribution in [-0.4, -0.2) is 76.0 Å². The van der Waals surface area contributed by atoms with Gasteiger partial charge in [0, 0.05) is 30.9 Å². The van der Waals surface area contributed by atoms with Gasteiger partial charge in [0.1, 0.15) is 12.2 Å². The van der Waals surface area contributed by atoms with E-state index in [-0.39, 0.29) is 24.8 Å². The molecular weight excluding hydrogens is 380 g/mol.